The van der Waals surface area contributed by atoms with Gasteiger partial charge < -0.3 is 10.0 Å². The number of anilines is 1. The summed E-state index contributed by atoms with van der Waals surface area (Å²) >= 11 is 2.05. The van der Waals surface area contributed by atoms with Gasteiger partial charge in [0.05, 0.1) is 3.57 Å². The highest BCUT2D eigenvalue weighted by molar-refractivity contribution is 14.1. The van der Waals surface area contributed by atoms with Crippen LogP contribution in [0, 0.1) is 3.57 Å². The highest BCUT2D eigenvalue weighted by Gasteiger charge is 2.28. The van der Waals surface area contributed by atoms with Crippen molar-refractivity contribution >= 4 is 34.2 Å². The van der Waals surface area contributed by atoms with Crippen molar-refractivity contribution in [3.05, 3.63) is 57.2 Å². The second-order valence-corrected chi connectivity index (χ2v) is 6.52. The summed E-state index contributed by atoms with van der Waals surface area (Å²) in [5.41, 5.74) is 2.72. The largest absolute Gasteiger partial charge is 0.507 e. The van der Waals surface area contributed by atoms with Crippen LogP contribution in [0.25, 0.3) is 0 Å². The summed E-state index contributed by atoms with van der Waals surface area (Å²) in [5.74, 6) is 0.0979. The Morgan fingerprint density at radius 3 is 2.81 bits per heavy atom. The van der Waals surface area contributed by atoms with E-state index < -0.39 is 0 Å². The molecule has 108 valence electrons. The van der Waals surface area contributed by atoms with Gasteiger partial charge in [0.15, 0.2) is 0 Å². The number of benzene rings is 2. The maximum absolute atomic E-state index is 12.8. The number of para-hydroxylation sites is 1. The average molecular weight is 393 g/mol. The first-order valence-electron chi connectivity index (χ1n) is 6.98. The number of fused-ring (bicyclic) bond motifs is 1. The first kappa shape index (κ1) is 14.4. The zero-order valence-corrected chi connectivity index (χ0v) is 13.9. The fraction of sp³-hybridized carbons (Fsp3) is 0.235. The highest BCUT2D eigenvalue weighted by Crippen LogP contribution is 2.32. The number of aromatic hydroxyl groups is 1. The minimum Gasteiger partial charge on any atom is -0.507 e. The molecule has 0 fully saturated rings. The van der Waals surface area contributed by atoms with E-state index in [1.807, 2.05) is 45.7 Å². The lowest BCUT2D eigenvalue weighted by atomic mass is 9.96. The van der Waals surface area contributed by atoms with Crippen molar-refractivity contribution in [2.45, 2.75) is 25.8 Å². The molecule has 4 heteroatoms. The van der Waals surface area contributed by atoms with Gasteiger partial charge in [0.25, 0.3) is 5.91 Å². The molecule has 1 heterocycles. The lowest BCUT2D eigenvalue weighted by molar-refractivity contribution is 0.0975. The van der Waals surface area contributed by atoms with Gasteiger partial charge in [-0.15, -0.1) is 0 Å². The molecule has 2 aromatic rings. The molecule has 1 N–H and O–H groups in total. The maximum Gasteiger partial charge on any atom is 0.258 e. The second-order valence-electron chi connectivity index (χ2n) is 5.36. The molecule has 0 aliphatic carbocycles. The Bertz CT molecular complexity index is 699. The lowest BCUT2D eigenvalue weighted by Gasteiger charge is -2.35. The Morgan fingerprint density at radius 1 is 1.29 bits per heavy atom. The van der Waals surface area contributed by atoms with E-state index >= 15 is 0 Å². The number of amides is 1. The smallest absolute Gasteiger partial charge is 0.258 e. The third-order valence-corrected chi connectivity index (χ3v) is 4.85. The van der Waals surface area contributed by atoms with Crippen molar-refractivity contribution in [2.75, 3.05) is 4.90 Å². The van der Waals surface area contributed by atoms with Crippen LogP contribution < -0.4 is 4.90 Å². The molecule has 2 aromatic carbocycles. The number of aryl methyl sites for hydroxylation is 1. The molecule has 0 saturated heterocycles. The van der Waals surface area contributed by atoms with Gasteiger partial charge in [-0.1, -0.05) is 18.2 Å². The van der Waals surface area contributed by atoms with Crippen LogP contribution >= 0.6 is 22.6 Å². The monoisotopic (exact) mass is 393 g/mol. The molecular formula is C17H16INO2. The number of hydrogen-bond donors (Lipinski definition) is 1. The summed E-state index contributed by atoms with van der Waals surface area (Å²) < 4.78 is 0.747. The predicted molar refractivity (Wildman–Crippen MR) is 91.9 cm³/mol. The van der Waals surface area contributed by atoms with Crippen molar-refractivity contribution < 1.29 is 9.90 Å². The number of phenolic OH excluding ortho intramolecular Hbond substituents is 1. The summed E-state index contributed by atoms with van der Waals surface area (Å²) in [6.45, 7) is 2.07. The van der Waals surface area contributed by atoms with E-state index in [1.165, 1.54) is 5.56 Å². The predicted octanol–water partition coefficient (Wildman–Crippen LogP) is 3.98. The Morgan fingerprint density at radius 2 is 2.05 bits per heavy atom. The third-order valence-electron chi connectivity index (χ3n) is 3.94. The van der Waals surface area contributed by atoms with E-state index in [0.29, 0.717) is 5.56 Å². The van der Waals surface area contributed by atoms with Crippen LogP contribution in [0.1, 0.15) is 29.3 Å². The highest BCUT2D eigenvalue weighted by atomic mass is 127. The summed E-state index contributed by atoms with van der Waals surface area (Å²) in [4.78, 5) is 14.7. The van der Waals surface area contributed by atoms with Crippen molar-refractivity contribution in [1.29, 1.82) is 0 Å². The van der Waals surface area contributed by atoms with E-state index in [9.17, 15) is 9.90 Å². The molecule has 0 saturated carbocycles. The molecule has 0 radical (unpaired) electrons. The van der Waals surface area contributed by atoms with Gasteiger partial charge in [-0.2, -0.15) is 0 Å². The van der Waals surface area contributed by atoms with Crippen LogP contribution in [0.2, 0.25) is 0 Å². The Balaban J connectivity index is 2.02. The Hall–Kier alpha value is -1.56. The summed E-state index contributed by atoms with van der Waals surface area (Å²) in [7, 11) is 0. The molecule has 1 aliphatic heterocycles. The van der Waals surface area contributed by atoms with E-state index in [4.69, 9.17) is 0 Å². The lowest BCUT2D eigenvalue weighted by Crippen LogP contribution is -2.42. The van der Waals surface area contributed by atoms with Crippen molar-refractivity contribution in [3.8, 4) is 5.75 Å². The topological polar surface area (TPSA) is 40.5 Å². The van der Waals surface area contributed by atoms with Crippen LogP contribution in [0.4, 0.5) is 5.69 Å². The van der Waals surface area contributed by atoms with E-state index in [2.05, 4.69) is 13.0 Å². The Labute approximate surface area is 137 Å². The van der Waals surface area contributed by atoms with Crippen LogP contribution in [0.5, 0.6) is 5.75 Å². The van der Waals surface area contributed by atoms with Crippen LogP contribution in [-0.4, -0.2) is 17.1 Å². The minimum absolute atomic E-state index is 0.0543. The molecule has 3 nitrogen and oxygen atoms in total. The number of rotatable bonds is 1. The first-order valence-corrected chi connectivity index (χ1v) is 8.06. The van der Waals surface area contributed by atoms with Gasteiger partial charge in [0.2, 0.25) is 0 Å². The number of carbonyl (C=O) groups excluding carboxylic acids is 1. The zero-order valence-electron chi connectivity index (χ0n) is 11.7. The van der Waals surface area contributed by atoms with Crippen LogP contribution in [-0.2, 0) is 6.42 Å². The number of carbonyl (C=O) groups is 1. The zero-order chi connectivity index (χ0) is 15.0. The SMILES string of the molecule is CC1CCc2ccccc2N1C(=O)c1ccc(I)c(O)c1. The Kier molecular flexibility index (Phi) is 3.89. The average Bonchev–Trinajstić information content (AvgIpc) is 2.49. The molecule has 0 spiro atoms. The summed E-state index contributed by atoms with van der Waals surface area (Å²) in [5, 5.41) is 9.83. The number of nitrogens with zero attached hydrogens (tertiary/aromatic N) is 1. The molecule has 1 unspecified atom stereocenters. The van der Waals surface area contributed by atoms with Gasteiger partial charge in [0, 0.05) is 17.3 Å². The van der Waals surface area contributed by atoms with Crippen LogP contribution in [0.15, 0.2) is 42.5 Å². The normalized spacial score (nSPS) is 17.4. The maximum atomic E-state index is 12.8. The van der Waals surface area contributed by atoms with Gasteiger partial charge in [-0.05, 0) is 72.2 Å². The first-order chi connectivity index (χ1) is 10.1. The number of halogens is 1. The second kappa shape index (κ2) is 5.67. The minimum atomic E-state index is -0.0543. The van der Waals surface area contributed by atoms with Gasteiger partial charge in [-0.25, -0.2) is 0 Å². The van der Waals surface area contributed by atoms with Gasteiger partial charge in [-0.3, -0.25) is 4.79 Å². The van der Waals surface area contributed by atoms with Gasteiger partial charge in [0.1, 0.15) is 5.75 Å². The fourth-order valence-electron chi connectivity index (χ4n) is 2.78. The molecular weight excluding hydrogens is 377 g/mol. The van der Waals surface area contributed by atoms with Crippen molar-refractivity contribution in [2.24, 2.45) is 0 Å². The molecule has 0 bridgehead atoms. The van der Waals surface area contributed by atoms with E-state index in [-0.39, 0.29) is 17.7 Å². The van der Waals surface area contributed by atoms with Crippen molar-refractivity contribution in [1.82, 2.24) is 0 Å². The fourth-order valence-corrected chi connectivity index (χ4v) is 3.12. The molecule has 1 aliphatic rings. The molecule has 3 rings (SSSR count). The van der Waals surface area contributed by atoms with E-state index in [0.717, 1.165) is 22.1 Å². The number of phenols is 1. The van der Waals surface area contributed by atoms with Gasteiger partial charge >= 0.3 is 0 Å². The summed E-state index contributed by atoms with van der Waals surface area (Å²) in [6.07, 6.45) is 1.96. The molecule has 1 atom stereocenters. The van der Waals surface area contributed by atoms with Crippen molar-refractivity contribution in [3.63, 3.8) is 0 Å². The molecule has 0 aromatic heterocycles. The standard InChI is InChI=1S/C17H16INO2/c1-11-6-7-12-4-2-3-5-15(12)19(11)17(21)13-8-9-14(18)16(20)10-13/h2-5,8-11,20H,6-7H2,1H3. The number of hydrogen-bond acceptors (Lipinski definition) is 2. The van der Waals surface area contributed by atoms with E-state index in [1.54, 1.807) is 18.2 Å². The molecule has 1 amide bonds. The van der Waals surface area contributed by atoms with Crippen LogP contribution in [0.3, 0.4) is 0 Å². The molecule has 21 heavy (non-hydrogen) atoms. The summed E-state index contributed by atoms with van der Waals surface area (Å²) in [6, 6.07) is 13.3. The quantitative estimate of drug-likeness (QED) is 0.745. The third kappa shape index (κ3) is 2.64.